The third-order valence-electron chi connectivity index (χ3n) is 4.82. The number of aromatic nitrogens is 3. The van der Waals surface area contributed by atoms with Crippen LogP contribution in [0, 0.1) is 5.92 Å². The molecule has 0 unspecified atom stereocenters. The number of rotatable bonds is 8. The van der Waals surface area contributed by atoms with Gasteiger partial charge < -0.3 is 15.2 Å². The molecule has 0 aliphatic rings. The molecule has 2 amide bonds. The van der Waals surface area contributed by atoms with E-state index in [1.807, 2.05) is 13.8 Å². The zero-order valence-corrected chi connectivity index (χ0v) is 22.2. The first-order valence-electron chi connectivity index (χ1n) is 10.1. The summed E-state index contributed by atoms with van der Waals surface area (Å²) in [6.45, 7) is 3.92. The van der Waals surface area contributed by atoms with Crippen LogP contribution in [0.3, 0.4) is 0 Å². The molecule has 0 fully saturated rings. The number of halogens is 4. The maximum atomic E-state index is 12.8. The molecule has 0 radical (unpaired) electrons. The van der Waals surface area contributed by atoms with Crippen LogP contribution in [0.15, 0.2) is 41.6 Å². The minimum absolute atomic E-state index is 0.0146. The maximum absolute atomic E-state index is 12.8. The monoisotopic (exact) mass is 559 g/mol. The van der Waals surface area contributed by atoms with Gasteiger partial charge in [-0.15, -0.1) is 10.2 Å². The quantitative estimate of drug-likeness (QED) is 0.316. The van der Waals surface area contributed by atoms with Crippen molar-refractivity contribution in [3.05, 3.63) is 67.9 Å². The Morgan fingerprint density at radius 1 is 1.00 bits per heavy atom. The van der Waals surface area contributed by atoms with Gasteiger partial charge in [0.15, 0.2) is 11.0 Å². The summed E-state index contributed by atoms with van der Waals surface area (Å²) in [5, 5.41) is 16.2. The second-order valence-electron chi connectivity index (χ2n) is 7.68. The van der Waals surface area contributed by atoms with E-state index < -0.39 is 6.04 Å². The number of carbonyl (C=O) groups is 2. The van der Waals surface area contributed by atoms with Gasteiger partial charge in [0.05, 0.1) is 32.5 Å². The molecule has 3 rings (SSSR count). The Morgan fingerprint density at radius 2 is 1.71 bits per heavy atom. The zero-order valence-electron chi connectivity index (χ0n) is 18.4. The number of carbonyl (C=O) groups excluding carboxylic acids is 2. The highest BCUT2D eigenvalue weighted by Gasteiger charge is 2.25. The van der Waals surface area contributed by atoms with Gasteiger partial charge in [0.1, 0.15) is 0 Å². The van der Waals surface area contributed by atoms with E-state index in [4.69, 9.17) is 46.4 Å². The molecule has 7 nitrogen and oxygen atoms in total. The normalized spacial score (nSPS) is 12.0. The van der Waals surface area contributed by atoms with Gasteiger partial charge in [-0.05, 0) is 42.3 Å². The van der Waals surface area contributed by atoms with Crippen LogP contribution >= 0.6 is 58.2 Å². The summed E-state index contributed by atoms with van der Waals surface area (Å²) in [6, 6.07) is 9.09. The van der Waals surface area contributed by atoms with E-state index in [0.717, 1.165) is 0 Å². The van der Waals surface area contributed by atoms with Crippen LogP contribution in [0.1, 0.15) is 36.1 Å². The van der Waals surface area contributed by atoms with Crippen LogP contribution in [-0.4, -0.2) is 32.3 Å². The second-order valence-corrected chi connectivity index (χ2v) is 10.3. The maximum Gasteiger partial charge on any atom is 0.251 e. The van der Waals surface area contributed by atoms with Gasteiger partial charge in [0.2, 0.25) is 5.91 Å². The van der Waals surface area contributed by atoms with Crippen molar-refractivity contribution in [2.24, 2.45) is 13.0 Å². The lowest BCUT2D eigenvalue weighted by molar-refractivity contribution is -0.113. The van der Waals surface area contributed by atoms with Crippen LogP contribution < -0.4 is 10.6 Å². The van der Waals surface area contributed by atoms with E-state index in [1.54, 1.807) is 41.9 Å². The van der Waals surface area contributed by atoms with Crippen molar-refractivity contribution in [2.75, 3.05) is 11.1 Å². The highest BCUT2D eigenvalue weighted by Crippen LogP contribution is 2.28. The molecule has 0 aliphatic heterocycles. The third-order valence-corrected chi connectivity index (χ3v) is 7.14. The Bertz CT molecular complexity index is 1220. The Hall–Kier alpha value is -1.97. The van der Waals surface area contributed by atoms with Gasteiger partial charge >= 0.3 is 0 Å². The van der Waals surface area contributed by atoms with Crippen molar-refractivity contribution in [2.45, 2.75) is 25.0 Å². The van der Waals surface area contributed by atoms with Crippen molar-refractivity contribution >= 4 is 75.7 Å². The van der Waals surface area contributed by atoms with Gasteiger partial charge in [-0.1, -0.05) is 72.0 Å². The van der Waals surface area contributed by atoms with Gasteiger partial charge in [0, 0.05) is 17.6 Å². The van der Waals surface area contributed by atoms with Crippen LogP contribution in [0.4, 0.5) is 5.69 Å². The SMILES string of the molecule is CC(C)[C@H](NC(=O)c1ccc(Cl)c(Cl)c1)c1nnc(SCC(=O)Nc2cc(Cl)ccc2Cl)n1C. The predicted octanol–water partition coefficient (Wildman–Crippen LogP) is 6.29. The number of benzene rings is 2. The number of hydrogen-bond acceptors (Lipinski definition) is 5. The number of hydrogen-bond donors (Lipinski definition) is 2. The summed E-state index contributed by atoms with van der Waals surface area (Å²) >= 11 is 25.3. The molecular weight excluding hydrogens is 540 g/mol. The first-order valence-corrected chi connectivity index (χ1v) is 12.6. The van der Waals surface area contributed by atoms with Gasteiger partial charge in [-0.3, -0.25) is 9.59 Å². The smallest absolute Gasteiger partial charge is 0.251 e. The summed E-state index contributed by atoms with van der Waals surface area (Å²) in [4.78, 5) is 25.2. The third kappa shape index (κ3) is 6.58. The molecule has 0 bridgehead atoms. The lowest BCUT2D eigenvalue weighted by Crippen LogP contribution is -2.33. The van der Waals surface area contributed by atoms with E-state index in [1.165, 1.54) is 17.8 Å². The van der Waals surface area contributed by atoms with Crippen molar-refractivity contribution in [1.29, 1.82) is 0 Å². The second kappa shape index (κ2) is 11.6. The highest BCUT2D eigenvalue weighted by atomic mass is 35.5. The number of nitrogens with one attached hydrogen (secondary N) is 2. The van der Waals surface area contributed by atoms with Crippen molar-refractivity contribution < 1.29 is 9.59 Å². The average molecular weight is 561 g/mol. The van der Waals surface area contributed by atoms with Gasteiger partial charge in [-0.25, -0.2) is 0 Å². The molecule has 0 saturated heterocycles. The highest BCUT2D eigenvalue weighted by molar-refractivity contribution is 7.99. The van der Waals surface area contributed by atoms with Crippen LogP contribution in [0.2, 0.25) is 20.1 Å². The molecule has 12 heteroatoms. The van der Waals surface area contributed by atoms with E-state index >= 15 is 0 Å². The van der Waals surface area contributed by atoms with Gasteiger partial charge in [0.25, 0.3) is 5.91 Å². The number of anilines is 1. The average Bonchev–Trinajstić information content (AvgIpc) is 3.14. The van der Waals surface area contributed by atoms with Crippen LogP contribution in [-0.2, 0) is 11.8 Å². The lowest BCUT2D eigenvalue weighted by Gasteiger charge is -2.22. The van der Waals surface area contributed by atoms with E-state index in [0.29, 0.717) is 42.3 Å². The minimum atomic E-state index is -0.423. The molecule has 0 aliphatic carbocycles. The van der Waals surface area contributed by atoms with Crippen LogP contribution in [0.5, 0.6) is 0 Å². The molecule has 34 heavy (non-hydrogen) atoms. The number of amides is 2. The molecule has 1 atom stereocenters. The van der Waals surface area contributed by atoms with E-state index in [2.05, 4.69) is 20.8 Å². The first-order chi connectivity index (χ1) is 16.1. The Labute approximate surface area is 221 Å². The lowest BCUT2D eigenvalue weighted by atomic mass is 10.0. The molecule has 0 saturated carbocycles. The molecule has 3 aromatic rings. The molecule has 2 N–H and O–H groups in total. The molecular formula is C22H21Cl4N5O2S. The fourth-order valence-electron chi connectivity index (χ4n) is 3.02. The fourth-order valence-corrected chi connectivity index (χ4v) is 4.38. The summed E-state index contributed by atoms with van der Waals surface area (Å²) in [7, 11) is 1.78. The van der Waals surface area contributed by atoms with Gasteiger partial charge in [-0.2, -0.15) is 0 Å². The summed E-state index contributed by atoms with van der Waals surface area (Å²) in [5.74, 6) is 0.0702. The standard InChI is InChI=1S/C22H21Cl4N5O2S/c1-11(2)19(28-21(33)12-4-6-14(24)16(26)8-12)20-29-30-22(31(20)3)34-10-18(32)27-17-9-13(23)5-7-15(17)25/h4-9,11,19H,10H2,1-3H3,(H,27,32)(H,28,33)/t19-/m0/s1. The summed E-state index contributed by atoms with van der Waals surface area (Å²) in [5.41, 5.74) is 0.816. The Morgan fingerprint density at radius 3 is 2.38 bits per heavy atom. The molecule has 1 heterocycles. The van der Waals surface area contributed by atoms with Crippen molar-refractivity contribution in [1.82, 2.24) is 20.1 Å². The number of thioether (sulfide) groups is 1. The largest absolute Gasteiger partial charge is 0.342 e. The Kier molecular flexibility index (Phi) is 9.12. The molecule has 1 aromatic heterocycles. The molecule has 180 valence electrons. The zero-order chi connectivity index (χ0) is 25.0. The number of nitrogens with zero attached hydrogens (tertiary/aromatic N) is 3. The fraction of sp³-hybridized carbons (Fsp3) is 0.273. The minimum Gasteiger partial charge on any atom is -0.342 e. The molecule has 2 aromatic carbocycles. The summed E-state index contributed by atoms with van der Waals surface area (Å²) < 4.78 is 1.75. The van der Waals surface area contributed by atoms with E-state index in [9.17, 15) is 9.59 Å². The molecule has 0 spiro atoms. The van der Waals surface area contributed by atoms with Crippen molar-refractivity contribution in [3.63, 3.8) is 0 Å². The predicted molar refractivity (Wildman–Crippen MR) is 138 cm³/mol. The topological polar surface area (TPSA) is 88.9 Å². The van der Waals surface area contributed by atoms with E-state index in [-0.39, 0.29) is 23.5 Å². The summed E-state index contributed by atoms with van der Waals surface area (Å²) in [6.07, 6.45) is 0. The Balaban J connectivity index is 1.68. The van der Waals surface area contributed by atoms with Crippen LogP contribution in [0.25, 0.3) is 0 Å². The first kappa shape index (κ1) is 26.6. The van der Waals surface area contributed by atoms with Crippen molar-refractivity contribution in [3.8, 4) is 0 Å².